The van der Waals surface area contributed by atoms with Gasteiger partial charge in [-0.15, -0.1) is 0 Å². The van der Waals surface area contributed by atoms with Crippen LogP contribution in [0.25, 0.3) is 5.82 Å². The van der Waals surface area contributed by atoms with Crippen LogP contribution in [-0.4, -0.2) is 41.0 Å². The molecule has 0 spiro atoms. The van der Waals surface area contributed by atoms with Gasteiger partial charge in [-0.25, -0.2) is 4.98 Å². The molecular formula is C20H24N4OS. The van der Waals surface area contributed by atoms with Gasteiger partial charge in [-0.05, 0) is 68.5 Å². The summed E-state index contributed by atoms with van der Waals surface area (Å²) in [4.78, 5) is 19.3. The molecule has 0 saturated carbocycles. The number of thiophene rings is 1. The molecule has 3 heterocycles. The second-order valence-corrected chi connectivity index (χ2v) is 7.33. The van der Waals surface area contributed by atoms with E-state index in [4.69, 9.17) is 0 Å². The predicted octanol–water partition coefficient (Wildman–Crippen LogP) is 3.58. The SMILES string of the molecule is Cc1cc(C(=O)NCC(c2ccsc2)N(C)C)c(C)n1-c1ccccn1. The second kappa shape index (κ2) is 7.85. The van der Waals surface area contributed by atoms with Crippen LogP contribution in [0.15, 0.2) is 47.3 Å². The average Bonchev–Trinajstić information content (AvgIpc) is 3.24. The Balaban J connectivity index is 1.78. The van der Waals surface area contributed by atoms with Gasteiger partial charge in [-0.2, -0.15) is 11.3 Å². The first kappa shape index (κ1) is 18.4. The lowest BCUT2D eigenvalue weighted by Crippen LogP contribution is -2.34. The van der Waals surface area contributed by atoms with E-state index in [1.807, 2.05) is 56.8 Å². The summed E-state index contributed by atoms with van der Waals surface area (Å²) in [7, 11) is 4.06. The average molecular weight is 369 g/mol. The summed E-state index contributed by atoms with van der Waals surface area (Å²) in [5.74, 6) is 0.772. The Morgan fingerprint density at radius 3 is 2.73 bits per heavy atom. The summed E-state index contributed by atoms with van der Waals surface area (Å²) >= 11 is 1.67. The Morgan fingerprint density at radius 2 is 2.12 bits per heavy atom. The summed E-state index contributed by atoms with van der Waals surface area (Å²) in [5.41, 5.74) is 3.80. The third-order valence-electron chi connectivity index (χ3n) is 4.56. The zero-order chi connectivity index (χ0) is 18.7. The van der Waals surface area contributed by atoms with Gasteiger partial charge < -0.3 is 14.8 Å². The number of aromatic nitrogens is 2. The molecule has 0 aliphatic carbocycles. The van der Waals surface area contributed by atoms with E-state index >= 15 is 0 Å². The molecule has 3 rings (SSSR count). The van der Waals surface area contributed by atoms with E-state index in [0.717, 1.165) is 17.2 Å². The van der Waals surface area contributed by atoms with Crippen molar-refractivity contribution in [2.75, 3.05) is 20.6 Å². The quantitative estimate of drug-likeness (QED) is 0.723. The molecule has 3 aromatic heterocycles. The minimum atomic E-state index is -0.0534. The lowest BCUT2D eigenvalue weighted by atomic mass is 10.1. The van der Waals surface area contributed by atoms with E-state index in [1.165, 1.54) is 5.56 Å². The van der Waals surface area contributed by atoms with E-state index in [2.05, 4.69) is 32.0 Å². The molecule has 1 N–H and O–H groups in total. The van der Waals surface area contributed by atoms with Crippen molar-refractivity contribution >= 4 is 17.2 Å². The van der Waals surface area contributed by atoms with Gasteiger partial charge in [-0.3, -0.25) is 4.79 Å². The first-order valence-electron chi connectivity index (χ1n) is 8.56. The van der Waals surface area contributed by atoms with Crippen molar-refractivity contribution in [1.29, 1.82) is 0 Å². The number of likely N-dealkylation sites (N-methyl/N-ethyl adjacent to an activating group) is 1. The maximum atomic E-state index is 12.8. The number of amides is 1. The fraction of sp³-hybridized carbons (Fsp3) is 0.300. The summed E-state index contributed by atoms with van der Waals surface area (Å²) in [6.45, 7) is 4.52. The highest BCUT2D eigenvalue weighted by molar-refractivity contribution is 7.07. The molecule has 0 saturated heterocycles. The number of carbonyl (C=O) groups excluding carboxylic acids is 1. The van der Waals surface area contributed by atoms with Gasteiger partial charge in [0, 0.05) is 24.1 Å². The van der Waals surface area contributed by atoms with Crippen molar-refractivity contribution in [3.05, 3.63) is 69.8 Å². The molecule has 26 heavy (non-hydrogen) atoms. The number of nitrogens with one attached hydrogen (secondary N) is 1. The topological polar surface area (TPSA) is 50.2 Å². The number of pyridine rings is 1. The lowest BCUT2D eigenvalue weighted by molar-refractivity contribution is 0.0941. The fourth-order valence-electron chi connectivity index (χ4n) is 3.18. The van der Waals surface area contributed by atoms with Crippen molar-refractivity contribution in [3.8, 4) is 5.82 Å². The fourth-order valence-corrected chi connectivity index (χ4v) is 3.89. The molecule has 1 atom stereocenters. The smallest absolute Gasteiger partial charge is 0.253 e. The standard InChI is InChI=1S/C20H24N4OS/c1-14-11-17(15(2)24(14)19-7-5-6-9-21-19)20(25)22-12-18(23(3)4)16-8-10-26-13-16/h5-11,13,18H,12H2,1-4H3,(H,22,25). The Hall–Kier alpha value is -2.44. The van der Waals surface area contributed by atoms with Crippen LogP contribution in [0.4, 0.5) is 0 Å². The van der Waals surface area contributed by atoms with Crippen LogP contribution >= 0.6 is 11.3 Å². The van der Waals surface area contributed by atoms with Gasteiger partial charge in [0.1, 0.15) is 5.82 Å². The summed E-state index contributed by atoms with van der Waals surface area (Å²) in [6, 6.07) is 9.97. The zero-order valence-electron chi connectivity index (χ0n) is 15.6. The molecule has 5 nitrogen and oxygen atoms in total. The van der Waals surface area contributed by atoms with E-state index in [0.29, 0.717) is 12.1 Å². The number of rotatable bonds is 6. The van der Waals surface area contributed by atoms with Crippen molar-refractivity contribution in [3.63, 3.8) is 0 Å². The molecule has 0 bridgehead atoms. The lowest BCUT2D eigenvalue weighted by Gasteiger charge is -2.24. The molecule has 0 radical (unpaired) electrons. The number of nitrogens with zero attached hydrogens (tertiary/aromatic N) is 3. The van der Waals surface area contributed by atoms with Crippen LogP contribution in [0.3, 0.4) is 0 Å². The van der Waals surface area contributed by atoms with E-state index in [1.54, 1.807) is 17.5 Å². The molecule has 3 aromatic rings. The van der Waals surface area contributed by atoms with Gasteiger partial charge in [0.15, 0.2) is 0 Å². The Labute approximate surface area is 158 Å². The highest BCUT2D eigenvalue weighted by Gasteiger charge is 2.20. The number of carbonyl (C=O) groups is 1. The predicted molar refractivity (Wildman–Crippen MR) is 106 cm³/mol. The third kappa shape index (κ3) is 3.71. The summed E-state index contributed by atoms with van der Waals surface area (Å²) in [5, 5.41) is 7.28. The summed E-state index contributed by atoms with van der Waals surface area (Å²) in [6.07, 6.45) is 1.76. The normalized spacial score (nSPS) is 12.3. The molecule has 0 aromatic carbocycles. The molecule has 0 aliphatic rings. The highest BCUT2D eigenvalue weighted by Crippen LogP contribution is 2.22. The largest absolute Gasteiger partial charge is 0.350 e. The van der Waals surface area contributed by atoms with Crippen LogP contribution in [-0.2, 0) is 0 Å². The Morgan fingerprint density at radius 1 is 1.31 bits per heavy atom. The third-order valence-corrected chi connectivity index (χ3v) is 5.26. The van der Waals surface area contributed by atoms with Crippen molar-refractivity contribution in [1.82, 2.24) is 19.8 Å². The van der Waals surface area contributed by atoms with E-state index < -0.39 is 0 Å². The van der Waals surface area contributed by atoms with E-state index in [9.17, 15) is 4.79 Å². The summed E-state index contributed by atoms with van der Waals surface area (Å²) < 4.78 is 2.01. The van der Waals surface area contributed by atoms with Crippen LogP contribution in [0.5, 0.6) is 0 Å². The van der Waals surface area contributed by atoms with Gasteiger partial charge in [0.25, 0.3) is 5.91 Å². The first-order chi connectivity index (χ1) is 12.5. The Kier molecular flexibility index (Phi) is 5.54. The molecule has 1 unspecified atom stereocenters. The van der Waals surface area contributed by atoms with Gasteiger partial charge in [0.05, 0.1) is 11.6 Å². The van der Waals surface area contributed by atoms with Gasteiger partial charge in [-0.1, -0.05) is 6.07 Å². The van der Waals surface area contributed by atoms with Gasteiger partial charge in [0.2, 0.25) is 0 Å². The minimum absolute atomic E-state index is 0.0534. The van der Waals surface area contributed by atoms with E-state index in [-0.39, 0.29) is 11.9 Å². The van der Waals surface area contributed by atoms with Crippen LogP contribution < -0.4 is 5.32 Å². The van der Waals surface area contributed by atoms with Gasteiger partial charge >= 0.3 is 0 Å². The highest BCUT2D eigenvalue weighted by atomic mass is 32.1. The van der Waals surface area contributed by atoms with Crippen molar-refractivity contribution < 1.29 is 4.79 Å². The molecule has 1 amide bonds. The molecule has 136 valence electrons. The zero-order valence-corrected chi connectivity index (χ0v) is 16.4. The number of hydrogen-bond donors (Lipinski definition) is 1. The van der Waals surface area contributed by atoms with Crippen LogP contribution in [0, 0.1) is 13.8 Å². The minimum Gasteiger partial charge on any atom is -0.350 e. The van der Waals surface area contributed by atoms with Crippen LogP contribution in [0.2, 0.25) is 0 Å². The second-order valence-electron chi connectivity index (χ2n) is 6.55. The van der Waals surface area contributed by atoms with Crippen molar-refractivity contribution in [2.45, 2.75) is 19.9 Å². The first-order valence-corrected chi connectivity index (χ1v) is 9.50. The van der Waals surface area contributed by atoms with Crippen LogP contribution in [0.1, 0.15) is 33.4 Å². The number of aryl methyl sites for hydroxylation is 1. The molecule has 6 heteroatoms. The van der Waals surface area contributed by atoms with Crippen molar-refractivity contribution in [2.24, 2.45) is 0 Å². The monoisotopic (exact) mass is 368 g/mol. The Bertz CT molecular complexity index is 869. The molecule has 0 fully saturated rings. The maximum absolute atomic E-state index is 12.8. The number of hydrogen-bond acceptors (Lipinski definition) is 4. The maximum Gasteiger partial charge on any atom is 0.253 e. The molecular weight excluding hydrogens is 344 g/mol. The molecule has 0 aliphatic heterocycles.